The summed E-state index contributed by atoms with van der Waals surface area (Å²) in [5.41, 5.74) is 0.540. The molecule has 1 aromatic carbocycles. The van der Waals surface area contributed by atoms with Crippen LogP contribution in [0.15, 0.2) is 65.1 Å². The van der Waals surface area contributed by atoms with Gasteiger partial charge in [0.1, 0.15) is 11.6 Å². The maximum Gasteiger partial charge on any atom is 0.130 e. The first kappa shape index (κ1) is 14.3. The Morgan fingerprint density at radius 2 is 2.06 bits per heavy atom. The molecule has 0 aliphatic heterocycles. The Labute approximate surface area is 111 Å². The van der Waals surface area contributed by atoms with Crippen molar-refractivity contribution < 1.29 is 9.50 Å². The van der Waals surface area contributed by atoms with Crippen molar-refractivity contribution in [2.45, 2.75) is 6.92 Å². The van der Waals surface area contributed by atoms with E-state index in [0.29, 0.717) is 5.56 Å². The van der Waals surface area contributed by atoms with Crippen molar-refractivity contribution in [3.63, 3.8) is 0 Å². The second-order valence-electron chi connectivity index (χ2n) is 3.46. The molecule has 0 fully saturated rings. The van der Waals surface area contributed by atoms with Crippen molar-refractivity contribution in [3.05, 3.63) is 76.5 Å². The molecule has 0 heterocycles. The Morgan fingerprint density at radius 3 is 2.72 bits per heavy atom. The number of hydrogen-bond acceptors (Lipinski definition) is 2. The van der Waals surface area contributed by atoms with E-state index in [0.717, 1.165) is 4.91 Å². The van der Waals surface area contributed by atoms with Crippen molar-refractivity contribution >= 4 is 17.8 Å². The van der Waals surface area contributed by atoms with E-state index in [1.54, 1.807) is 54.8 Å². The monoisotopic (exact) mass is 262 g/mol. The average molecular weight is 262 g/mol. The zero-order valence-corrected chi connectivity index (χ0v) is 11.0. The molecule has 0 radical (unpaired) electrons. The molecule has 0 bridgehead atoms. The predicted molar refractivity (Wildman–Crippen MR) is 77.7 cm³/mol. The summed E-state index contributed by atoms with van der Waals surface area (Å²) in [7, 11) is 0. The summed E-state index contributed by atoms with van der Waals surface area (Å²) in [6.07, 6.45) is 6.54. The highest BCUT2D eigenvalue weighted by Crippen LogP contribution is 2.19. The summed E-state index contributed by atoms with van der Waals surface area (Å²) < 4.78 is 13.3. The molecule has 1 nitrogen and oxygen atoms in total. The zero-order chi connectivity index (χ0) is 13.4. The lowest BCUT2D eigenvalue weighted by Gasteiger charge is -1.96. The van der Waals surface area contributed by atoms with E-state index in [-0.39, 0.29) is 11.6 Å². The quantitative estimate of drug-likeness (QED) is 0.591. The van der Waals surface area contributed by atoms with E-state index in [1.807, 2.05) is 0 Å². The Morgan fingerprint density at radius 1 is 1.33 bits per heavy atom. The van der Waals surface area contributed by atoms with Crippen LogP contribution in [0.25, 0.3) is 6.08 Å². The molecule has 0 unspecified atom stereocenters. The van der Waals surface area contributed by atoms with Crippen LogP contribution in [0, 0.1) is 5.82 Å². The Balaban J connectivity index is 2.53. The van der Waals surface area contributed by atoms with Gasteiger partial charge in [-0.05, 0) is 42.7 Å². The SMILES string of the molecule is C=C(/C=C\C(O)=C/C)S/C=C/c1ccccc1F. The topological polar surface area (TPSA) is 20.2 Å². The number of benzene rings is 1. The van der Waals surface area contributed by atoms with Gasteiger partial charge in [-0.1, -0.05) is 36.5 Å². The third kappa shape index (κ3) is 5.06. The highest BCUT2D eigenvalue weighted by Gasteiger charge is 1.94. The van der Waals surface area contributed by atoms with Gasteiger partial charge in [0.15, 0.2) is 0 Å². The molecular formula is C15H15FOS. The number of halogens is 1. The van der Waals surface area contributed by atoms with Gasteiger partial charge >= 0.3 is 0 Å². The molecule has 0 saturated carbocycles. The van der Waals surface area contributed by atoms with Crippen LogP contribution in [0.5, 0.6) is 0 Å². The summed E-state index contributed by atoms with van der Waals surface area (Å²) in [6, 6.07) is 6.56. The number of aliphatic hydroxyl groups is 1. The second kappa shape index (κ2) is 7.56. The third-order valence-electron chi connectivity index (χ3n) is 2.11. The van der Waals surface area contributed by atoms with Crippen LogP contribution in [-0.2, 0) is 0 Å². The predicted octanol–water partition coefficient (Wildman–Crippen LogP) is 5.06. The molecule has 0 saturated heterocycles. The normalized spacial score (nSPS) is 12.4. The van der Waals surface area contributed by atoms with Gasteiger partial charge in [-0.2, -0.15) is 0 Å². The van der Waals surface area contributed by atoms with Crippen molar-refractivity contribution in [1.29, 1.82) is 0 Å². The lowest BCUT2D eigenvalue weighted by molar-refractivity contribution is 0.431. The number of aliphatic hydroxyl groups excluding tert-OH is 1. The summed E-state index contributed by atoms with van der Waals surface area (Å²) in [5.74, 6) is -0.0584. The molecule has 0 atom stereocenters. The van der Waals surface area contributed by atoms with Gasteiger partial charge in [0.2, 0.25) is 0 Å². The van der Waals surface area contributed by atoms with E-state index < -0.39 is 0 Å². The smallest absolute Gasteiger partial charge is 0.130 e. The fourth-order valence-corrected chi connectivity index (χ4v) is 1.65. The van der Waals surface area contributed by atoms with Gasteiger partial charge < -0.3 is 5.11 Å². The molecule has 1 N–H and O–H groups in total. The highest BCUT2D eigenvalue weighted by atomic mass is 32.2. The molecule has 0 spiro atoms. The van der Waals surface area contributed by atoms with Gasteiger partial charge in [-0.25, -0.2) is 4.39 Å². The van der Waals surface area contributed by atoms with Gasteiger partial charge in [0, 0.05) is 10.5 Å². The van der Waals surface area contributed by atoms with E-state index in [2.05, 4.69) is 6.58 Å². The molecule has 94 valence electrons. The van der Waals surface area contributed by atoms with Crippen LogP contribution in [0.2, 0.25) is 0 Å². The van der Waals surface area contributed by atoms with Crippen LogP contribution in [-0.4, -0.2) is 5.11 Å². The van der Waals surface area contributed by atoms with E-state index in [9.17, 15) is 9.50 Å². The minimum Gasteiger partial charge on any atom is -0.508 e. The van der Waals surface area contributed by atoms with Gasteiger partial charge in [-0.15, -0.1) is 0 Å². The first-order valence-electron chi connectivity index (χ1n) is 5.43. The minimum absolute atomic E-state index is 0.190. The van der Waals surface area contributed by atoms with Crippen LogP contribution in [0.1, 0.15) is 12.5 Å². The number of rotatable bonds is 5. The van der Waals surface area contributed by atoms with Gasteiger partial charge in [0.25, 0.3) is 0 Å². The Bertz CT molecular complexity index is 501. The highest BCUT2D eigenvalue weighted by molar-refractivity contribution is 8.06. The first-order valence-corrected chi connectivity index (χ1v) is 6.31. The summed E-state index contributed by atoms with van der Waals surface area (Å²) in [4.78, 5) is 0.760. The van der Waals surface area contributed by atoms with Crippen LogP contribution >= 0.6 is 11.8 Å². The number of allylic oxidation sites excluding steroid dienone is 3. The maximum atomic E-state index is 13.3. The van der Waals surface area contributed by atoms with E-state index in [4.69, 9.17) is 0 Å². The number of thioether (sulfide) groups is 1. The molecule has 0 aromatic heterocycles. The van der Waals surface area contributed by atoms with Gasteiger partial charge in [0.05, 0.1) is 0 Å². The fourth-order valence-electron chi connectivity index (χ4n) is 1.12. The molecular weight excluding hydrogens is 247 g/mol. The summed E-state index contributed by atoms with van der Waals surface area (Å²) >= 11 is 1.37. The molecule has 3 heteroatoms. The molecule has 0 amide bonds. The zero-order valence-electron chi connectivity index (χ0n) is 10.1. The second-order valence-corrected chi connectivity index (χ2v) is 4.49. The third-order valence-corrected chi connectivity index (χ3v) is 2.82. The Hall–Kier alpha value is -1.74. The van der Waals surface area contributed by atoms with Crippen molar-refractivity contribution in [2.75, 3.05) is 0 Å². The first-order chi connectivity index (χ1) is 8.63. The average Bonchev–Trinajstić information content (AvgIpc) is 2.38. The summed E-state index contributed by atoms with van der Waals surface area (Å²) in [5, 5.41) is 11.0. The maximum absolute atomic E-state index is 13.3. The number of hydrogen-bond donors (Lipinski definition) is 1. The van der Waals surface area contributed by atoms with Crippen LogP contribution < -0.4 is 0 Å². The molecule has 18 heavy (non-hydrogen) atoms. The fraction of sp³-hybridized carbons (Fsp3) is 0.0667. The molecule has 0 aliphatic carbocycles. The largest absolute Gasteiger partial charge is 0.508 e. The lowest BCUT2D eigenvalue weighted by atomic mass is 10.2. The van der Waals surface area contributed by atoms with Crippen molar-refractivity contribution in [3.8, 4) is 0 Å². The van der Waals surface area contributed by atoms with Gasteiger partial charge in [-0.3, -0.25) is 0 Å². The molecule has 0 aliphatic rings. The standard InChI is InChI=1S/C15H15FOS/c1-3-14(17)9-8-12(2)18-11-10-13-6-4-5-7-15(13)16/h3-11,17H,2H2,1H3/b9-8-,11-10+,14-3+. The van der Waals surface area contributed by atoms with E-state index in [1.165, 1.54) is 17.8 Å². The molecule has 1 rings (SSSR count). The van der Waals surface area contributed by atoms with Crippen LogP contribution in [0.3, 0.4) is 0 Å². The lowest BCUT2D eigenvalue weighted by Crippen LogP contribution is -1.78. The van der Waals surface area contributed by atoms with E-state index >= 15 is 0 Å². The minimum atomic E-state index is -0.248. The van der Waals surface area contributed by atoms with Crippen molar-refractivity contribution in [1.82, 2.24) is 0 Å². The Kier molecular flexibility index (Phi) is 6.01. The van der Waals surface area contributed by atoms with Crippen molar-refractivity contribution in [2.24, 2.45) is 0 Å². The van der Waals surface area contributed by atoms with Crippen LogP contribution in [0.4, 0.5) is 4.39 Å². The molecule has 1 aromatic rings. The summed E-state index contributed by atoms with van der Waals surface area (Å²) in [6.45, 7) is 5.55.